The van der Waals surface area contributed by atoms with Crippen LogP contribution >= 0.6 is 11.6 Å². The molecule has 0 N–H and O–H groups in total. The molecular weight excluding hydrogens is 202 g/mol. The number of carbonyl (C=O) groups is 1. The van der Waals surface area contributed by atoms with Crippen molar-refractivity contribution in [3.8, 4) is 11.5 Å². The number of halogens is 1. The summed E-state index contributed by atoms with van der Waals surface area (Å²) in [4.78, 5) is 14.3. The van der Waals surface area contributed by atoms with Crippen molar-refractivity contribution in [1.29, 1.82) is 0 Å². The molecule has 70 valence electrons. The molecule has 0 bridgehead atoms. The first-order valence-electron chi connectivity index (χ1n) is 3.97. The third-order valence-corrected chi connectivity index (χ3v) is 2.07. The third-order valence-electron chi connectivity index (χ3n) is 1.74. The predicted molar refractivity (Wildman–Crippen MR) is 52.3 cm³/mol. The summed E-state index contributed by atoms with van der Waals surface area (Å²) < 4.78 is 5.14. The molecule has 0 aliphatic heterocycles. The predicted octanol–water partition coefficient (Wildman–Crippen LogP) is 2.81. The highest BCUT2D eigenvalue weighted by atomic mass is 35.5. The van der Waals surface area contributed by atoms with Crippen molar-refractivity contribution < 1.29 is 9.21 Å². The van der Waals surface area contributed by atoms with Gasteiger partial charge >= 0.3 is 0 Å². The van der Waals surface area contributed by atoms with Crippen molar-refractivity contribution in [3.63, 3.8) is 0 Å². The number of nitrogens with zero attached hydrogens (tertiary/aromatic N) is 1. The van der Waals surface area contributed by atoms with E-state index < -0.39 is 0 Å². The Labute approximate surface area is 85.3 Å². The van der Waals surface area contributed by atoms with Crippen molar-refractivity contribution in [2.24, 2.45) is 0 Å². The maximum absolute atomic E-state index is 10.4. The summed E-state index contributed by atoms with van der Waals surface area (Å²) in [5.74, 6) is 0.553. The summed E-state index contributed by atoms with van der Waals surface area (Å²) in [7, 11) is 0. The van der Waals surface area contributed by atoms with E-state index in [0.717, 1.165) is 0 Å². The van der Waals surface area contributed by atoms with E-state index in [-0.39, 0.29) is 5.76 Å². The van der Waals surface area contributed by atoms with Crippen LogP contribution in [0.25, 0.3) is 11.5 Å². The summed E-state index contributed by atoms with van der Waals surface area (Å²) in [6, 6.07) is 7.16. The second kappa shape index (κ2) is 3.64. The summed E-state index contributed by atoms with van der Waals surface area (Å²) in [6.07, 6.45) is 1.97. The lowest BCUT2D eigenvalue weighted by atomic mass is 10.2. The van der Waals surface area contributed by atoms with Gasteiger partial charge in [0.15, 0.2) is 12.0 Å². The van der Waals surface area contributed by atoms with Gasteiger partial charge in [0, 0.05) is 0 Å². The van der Waals surface area contributed by atoms with Crippen LogP contribution in [-0.2, 0) is 0 Å². The van der Waals surface area contributed by atoms with Gasteiger partial charge in [-0.15, -0.1) is 0 Å². The Morgan fingerprint density at radius 2 is 2.14 bits per heavy atom. The normalized spacial score (nSPS) is 10.1. The first-order chi connectivity index (χ1) is 6.81. The van der Waals surface area contributed by atoms with Gasteiger partial charge in [0.05, 0.1) is 16.8 Å². The Morgan fingerprint density at radius 3 is 2.79 bits per heavy atom. The van der Waals surface area contributed by atoms with E-state index in [1.165, 1.54) is 6.20 Å². The quantitative estimate of drug-likeness (QED) is 0.712. The molecule has 0 amide bonds. The second-order valence-electron chi connectivity index (χ2n) is 2.67. The first-order valence-corrected chi connectivity index (χ1v) is 4.35. The SMILES string of the molecule is O=Cc1cnc(-c2ccccc2Cl)o1. The topological polar surface area (TPSA) is 43.1 Å². The standard InChI is InChI=1S/C10H6ClNO2/c11-9-4-2-1-3-8(9)10-12-5-7(6-13)14-10/h1-6H. The van der Waals surface area contributed by atoms with E-state index in [0.29, 0.717) is 22.8 Å². The van der Waals surface area contributed by atoms with Crippen molar-refractivity contribution in [2.75, 3.05) is 0 Å². The largest absolute Gasteiger partial charge is 0.433 e. The zero-order valence-corrected chi connectivity index (χ0v) is 7.86. The molecule has 0 spiro atoms. The van der Waals surface area contributed by atoms with Gasteiger partial charge in [-0.05, 0) is 12.1 Å². The third kappa shape index (κ3) is 1.54. The highest BCUT2D eigenvalue weighted by Crippen LogP contribution is 2.26. The molecule has 0 atom stereocenters. The number of carbonyl (C=O) groups excluding carboxylic acids is 1. The van der Waals surface area contributed by atoms with Gasteiger partial charge in [0.1, 0.15) is 0 Å². The molecule has 0 fully saturated rings. The molecule has 0 aliphatic rings. The molecule has 0 aliphatic carbocycles. The molecule has 1 aromatic carbocycles. The molecule has 4 heteroatoms. The van der Waals surface area contributed by atoms with Gasteiger partial charge in [0.2, 0.25) is 5.89 Å². The molecule has 0 unspecified atom stereocenters. The average Bonchev–Trinajstić information content (AvgIpc) is 2.67. The molecule has 0 saturated carbocycles. The van der Waals surface area contributed by atoms with Gasteiger partial charge < -0.3 is 4.42 Å². The minimum atomic E-state index is 0.194. The van der Waals surface area contributed by atoms with Crippen molar-refractivity contribution in [2.45, 2.75) is 0 Å². The van der Waals surface area contributed by atoms with Crippen molar-refractivity contribution >= 4 is 17.9 Å². The van der Waals surface area contributed by atoms with Gasteiger partial charge in [-0.2, -0.15) is 0 Å². The maximum atomic E-state index is 10.4. The summed E-state index contributed by atoms with van der Waals surface area (Å²) in [5, 5.41) is 0.548. The Hall–Kier alpha value is -1.61. The van der Waals surface area contributed by atoms with E-state index >= 15 is 0 Å². The second-order valence-corrected chi connectivity index (χ2v) is 3.07. The number of aldehydes is 1. The molecular formula is C10H6ClNO2. The monoisotopic (exact) mass is 207 g/mol. The number of hydrogen-bond donors (Lipinski definition) is 0. The van der Waals surface area contributed by atoms with Crippen LogP contribution in [0.1, 0.15) is 10.6 Å². The highest BCUT2D eigenvalue weighted by Gasteiger charge is 2.08. The highest BCUT2D eigenvalue weighted by molar-refractivity contribution is 6.33. The van der Waals surface area contributed by atoms with Gasteiger partial charge in [-0.3, -0.25) is 4.79 Å². The van der Waals surface area contributed by atoms with E-state index in [1.54, 1.807) is 12.1 Å². The average molecular weight is 208 g/mol. The summed E-state index contributed by atoms with van der Waals surface area (Å²) in [5.41, 5.74) is 0.683. The zero-order chi connectivity index (χ0) is 9.97. The zero-order valence-electron chi connectivity index (χ0n) is 7.11. The number of oxazole rings is 1. The van der Waals surface area contributed by atoms with Gasteiger partial charge in [-0.1, -0.05) is 23.7 Å². The molecule has 1 heterocycles. The van der Waals surface area contributed by atoms with E-state index in [9.17, 15) is 4.79 Å². The lowest BCUT2D eigenvalue weighted by Crippen LogP contribution is -1.77. The van der Waals surface area contributed by atoms with Crippen LogP contribution in [0.4, 0.5) is 0 Å². The van der Waals surface area contributed by atoms with Crippen LogP contribution in [0.3, 0.4) is 0 Å². The Balaban J connectivity index is 2.49. The Morgan fingerprint density at radius 1 is 1.36 bits per heavy atom. The van der Waals surface area contributed by atoms with E-state index in [1.807, 2.05) is 12.1 Å². The molecule has 14 heavy (non-hydrogen) atoms. The van der Waals surface area contributed by atoms with Crippen molar-refractivity contribution in [3.05, 3.63) is 41.2 Å². The lowest BCUT2D eigenvalue weighted by molar-refractivity contribution is 0.110. The minimum absolute atomic E-state index is 0.194. The van der Waals surface area contributed by atoms with E-state index in [4.69, 9.17) is 16.0 Å². The molecule has 2 rings (SSSR count). The number of hydrogen-bond acceptors (Lipinski definition) is 3. The fourth-order valence-corrected chi connectivity index (χ4v) is 1.32. The van der Waals surface area contributed by atoms with Crippen LogP contribution in [0, 0.1) is 0 Å². The van der Waals surface area contributed by atoms with Gasteiger partial charge in [-0.25, -0.2) is 4.98 Å². The maximum Gasteiger partial charge on any atom is 0.228 e. The fourth-order valence-electron chi connectivity index (χ4n) is 1.10. The first kappa shape index (κ1) is 8.97. The summed E-state index contributed by atoms with van der Waals surface area (Å²) >= 11 is 5.92. The van der Waals surface area contributed by atoms with Crippen LogP contribution in [0.15, 0.2) is 34.9 Å². The van der Waals surface area contributed by atoms with E-state index in [2.05, 4.69) is 4.98 Å². The van der Waals surface area contributed by atoms with Crippen LogP contribution < -0.4 is 0 Å². The molecule has 1 aromatic heterocycles. The summed E-state index contributed by atoms with van der Waals surface area (Å²) in [6.45, 7) is 0. The number of benzene rings is 1. The smallest absolute Gasteiger partial charge is 0.228 e. The molecule has 2 aromatic rings. The lowest BCUT2D eigenvalue weighted by Gasteiger charge is -1.96. The Kier molecular flexibility index (Phi) is 2.33. The fraction of sp³-hybridized carbons (Fsp3) is 0. The number of rotatable bonds is 2. The van der Waals surface area contributed by atoms with Crippen molar-refractivity contribution in [1.82, 2.24) is 4.98 Å². The molecule has 3 nitrogen and oxygen atoms in total. The molecule has 0 radical (unpaired) electrons. The van der Waals surface area contributed by atoms with Gasteiger partial charge in [0.25, 0.3) is 0 Å². The van der Waals surface area contributed by atoms with Crippen LogP contribution in [0.2, 0.25) is 5.02 Å². The molecule has 0 saturated heterocycles. The minimum Gasteiger partial charge on any atom is -0.433 e. The number of aromatic nitrogens is 1. The Bertz CT molecular complexity index is 465. The van der Waals surface area contributed by atoms with Crippen LogP contribution in [-0.4, -0.2) is 11.3 Å². The van der Waals surface area contributed by atoms with Crippen LogP contribution in [0.5, 0.6) is 0 Å².